The van der Waals surface area contributed by atoms with Gasteiger partial charge in [-0.1, -0.05) is 26.0 Å². The summed E-state index contributed by atoms with van der Waals surface area (Å²) in [5, 5.41) is 0. The molecule has 1 amide bonds. The van der Waals surface area contributed by atoms with Crippen LogP contribution in [0.5, 0.6) is 0 Å². The van der Waals surface area contributed by atoms with Crippen LogP contribution in [0.1, 0.15) is 19.4 Å². The first-order valence-corrected chi connectivity index (χ1v) is 8.29. The molecular weight excluding hydrogens is 290 g/mol. The maximum atomic E-state index is 12.6. The number of nitrogens with zero attached hydrogens (tertiary/aromatic N) is 1. The second-order valence-corrected chi connectivity index (χ2v) is 7.28. The molecule has 6 nitrogen and oxygen atoms in total. The molecule has 0 bridgehead atoms. The van der Waals surface area contributed by atoms with Crippen LogP contribution in [0.15, 0.2) is 29.2 Å². The number of carbonyl (C=O) groups excluding carboxylic acids is 1. The van der Waals surface area contributed by atoms with E-state index in [1.165, 1.54) is 12.1 Å². The number of amides is 1. The van der Waals surface area contributed by atoms with Crippen molar-refractivity contribution < 1.29 is 13.2 Å². The van der Waals surface area contributed by atoms with Gasteiger partial charge in [-0.25, -0.2) is 8.42 Å². The summed E-state index contributed by atoms with van der Waals surface area (Å²) >= 11 is 0. The number of carbonyl (C=O) groups is 1. The van der Waals surface area contributed by atoms with Crippen LogP contribution in [-0.4, -0.2) is 38.3 Å². The lowest BCUT2D eigenvalue weighted by molar-refractivity contribution is -0.118. The van der Waals surface area contributed by atoms with Crippen molar-refractivity contribution in [2.24, 2.45) is 17.4 Å². The van der Waals surface area contributed by atoms with Crippen LogP contribution in [0.2, 0.25) is 0 Å². The normalized spacial score (nSPS) is 12.0. The summed E-state index contributed by atoms with van der Waals surface area (Å²) in [6, 6.07) is 6.54. The van der Waals surface area contributed by atoms with Crippen LogP contribution in [0.3, 0.4) is 0 Å². The molecule has 1 aromatic carbocycles. The molecule has 0 fully saturated rings. The first-order valence-electron chi connectivity index (χ1n) is 6.84. The fourth-order valence-electron chi connectivity index (χ4n) is 1.97. The highest BCUT2D eigenvalue weighted by atomic mass is 32.2. The number of primary amides is 1. The summed E-state index contributed by atoms with van der Waals surface area (Å²) in [7, 11) is -3.72. The second-order valence-electron chi connectivity index (χ2n) is 5.34. The molecule has 0 aliphatic carbocycles. The molecule has 0 unspecified atom stereocenters. The van der Waals surface area contributed by atoms with Crippen molar-refractivity contribution in [3.63, 3.8) is 0 Å². The Morgan fingerprint density at radius 1 is 1.24 bits per heavy atom. The number of hydrogen-bond acceptors (Lipinski definition) is 4. The maximum Gasteiger partial charge on any atom is 0.243 e. The molecule has 0 saturated carbocycles. The van der Waals surface area contributed by atoms with Gasteiger partial charge in [-0.15, -0.1) is 0 Å². The fourth-order valence-corrected chi connectivity index (χ4v) is 3.54. The van der Waals surface area contributed by atoms with Gasteiger partial charge < -0.3 is 11.5 Å². The standard InChI is InChI=1S/C14H23N3O3S/c1-11(2)9-17(10-14(16)18)21(19,20)13-5-3-12(4-6-13)7-8-15/h3-6,11H,7-10,15H2,1-2H3,(H2,16,18). The van der Waals surface area contributed by atoms with Crippen molar-refractivity contribution in [3.05, 3.63) is 29.8 Å². The van der Waals surface area contributed by atoms with Gasteiger partial charge in [-0.2, -0.15) is 4.31 Å². The quantitative estimate of drug-likeness (QED) is 0.720. The molecule has 0 spiro atoms. The monoisotopic (exact) mass is 313 g/mol. The third-order valence-electron chi connectivity index (χ3n) is 2.90. The molecule has 21 heavy (non-hydrogen) atoms. The summed E-state index contributed by atoms with van der Waals surface area (Å²) in [5.74, 6) is -0.574. The van der Waals surface area contributed by atoms with E-state index in [-0.39, 0.29) is 23.9 Å². The van der Waals surface area contributed by atoms with E-state index in [1.54, 1.807) is 12.1 Å². The van der Waals surface area contributed by atoms with Gasteiger partial charge in [0.1, 0.15) is 0 Å². The minimum absolute atomic E-state index is 0.0932. The van der Waals surface area contributed by atoms with Gasteiger partial charge >= 0.3 is 0 Å². The third kappa shape index (κ3) is 5.11. The van der Waals surface area contributed by atoms with Crippen molar-refractivity contribution >= 4 is 15.9 Å². The van der Waals surface area contributed by atoms with E-state index in [9.17, 15) is 13.2 Å². The largest absolute Gasteiger partial charge is 0.369 e. The summed E-state index contributed by atoms with van der Waals surface area (Å²) in [5.41, 5.74) is 11.6. The van der Waals surface area contributed by atoms with Gasteiger partial charge in [0, 0.05) is 6.54 Å². The average molecular weight is 313 g/mol. The van der Waals surface area contributed by atoms with E-state index in [2.05, 4.69) is 0 Å². The van der Waals surface area contributed by atoms with Gasteiger partial charge in [-0.05, 0) is 36.6 Å². The second kappa shape index (κ2) is 7.53. The lowest BCUT2D eigenvalue weighted by Crippen LogP contribution is -2.40. The Morgan fingerprint density at radius 3 is 2.24 bits per heavy atom. The molecule has 0 saturated heterocycles. The van der Waals surface area contributed by atoms with Crippen molar-refractivity contribution in [2.45, 2.75) is 25.2 Å². The number of hydrogen-bond donors (Lipinski definition) is 2. The SMILES string of the molecule is CC(C)CN(CC(N)=O)S(=O)(=O)c1ccc(CCN)cc1. The van der Waals surface area contributed by atoms with Gasteiger partial charge in [0.25, 0.3) is 0 Å². The van der Waals surface area contributed by atoms with Crippen molar-refractivity contribution in [1.82, 2.24) is 4.31 Å². The number of rotatable bonds is 8. The Hall–Kier alpha value is -1.44. The first-order chi connectivity index (χ1) is 9.77. The predicted octanol–water partition coefficient (Wildman–Crippen LogP) is 0.320. The van der Waals surface area contributed by atoms with Gasteiger partial charge in [0.15, 0.2) is 0 Å². The molecule has 4 N–H and O–H groups in total. The van der Waals surface area contributed by atoms with E-state index in [0.29, 0.717) is 13.0 Å². The zero-order valence-corrected chi connectivity index (χ0v) is 13.3. The fraction of sp³-hybridized carbons (Fsp3) is 0.500. The van der Waals surface area contributed by atoms with Crippen molar-refractivity contribution in [1.29, 1.82) is 0 Å². The van der Waals surface area contributed by atoms with Crippen molar-refractivity contribution in [2.75, 3.05) is 19.6 Å². The van der Waals surface area contributed by atoms with E-state index in [1.807, 2.05) is 13.8 Å². The van der Waals surface area contributed by atoms with Crippen LogP contribution in [0.25, 0.3) is 0 Å². The molecule has 0 radical (unpaired) electrons. The van der Waals surface area contributed by atoms with Gasteiger partial charge in [0.2, 0.25) is 15.9 Å². The maximum absolute atomic E-state index is 12.6. The molecular formula is C14H23N3O3S. The summed E-state index contributed by atoms with van der Waals surface area (Å²) in [6.07, 6.45) is 0.692. The lowest BCUT2D eigenvalue weighted by atomic mass is 10.2. The van der Waals surface area contributed by atoms with E-state index in [4.69, 9.17) is 11.5 Å². The highest BCUT2D eigenvalue weighted by Crippen LogP contribution is 2.17. The smallest absolute Gasteiger partial charge is 0.243 e. The zero-order chi connectivity index (χ0) is 16.0. The Morgan fingerprint density at radius 2 is 1.81 bits per heavy atom. The predicted molar refractivity (Wildman–Crippen MR) is 82.0 cm³/mol. The molecule has 7 heteroatoms. The van der Waals surface area contributed by atoms with Gasteiger partial charge in [0.05, 0.1) is 11.4 Å². The Balaban J connectivity index is 3.06. The molecule has 1 rings (SSSR count). The lowest BCUT2D eigenvalue weighted by Gasteiger charge is -2.22. The van der Waals surface area contributed by atoms with Crippen molar-refractivity contribution in [3.8, 4) is 0 Å². The van der Waals surface area contributed by atoms with Crippen LogP contribution < -0.4 is 11.5 Å². The molecule has 0 heterocycles. The van der Waals surface area contributed by atoms with E-state index in [0.717, 1.165) is 9.87 Å². The molecule has 0 aliphatic rings. The summed E-state index contributed by atoms with van der Waals surface area (Å²) < 4.78 is 26.3. The Labute approximate surface area is 126 Å². The molecule has 118 valence electrons. The topological polar surface area (TPSA) is 106 Å². The number of nitrogens with two attached hydrogens (primary N) is 2. The van der Waals surface area contributed by atoms with Crippen LogP contribution in [0.4, 0.5) is 0 Å². The highest BCUT2D eigenvalue weighted by Gasteiger charge is 2.26. The minimum atomic E-state index is -3.72. The summed E-state index contributed by atoms with van der Waals surface area (Å²) in [4.78, 5) is 11.3. The number of sulfonamides is 1. The third-order valence-corrected chi connectivity index (χ3v) is 4.72. The average Bonchev–Trinajstić information content (AvgIpc) is 2.38. The van der Waals surface area contributed by atoms with Crippen LogP contribution in [0, 0.1) is 5.92 Å². The molecule has 0 aliphatic heterocycles. The first kappa shape index (κ1) is 17.6. The highest BCUT2D eigenvalue weighted by molar-refractivity contribution is 7.89. The number of benzene rings is 1. The molecule has 1 aromatic rings. The molecule has 0 aromatic heterocycles. The van der Waals surface area contributed by atoms with E-state index >= 15 is 0 Å². The van der Waals surface area contributed by atoms with E-state index < -0.39 is 15.9 Å². The van der Waals surface area contributed by atoms with Crippen LogP contribution in [-0.2, 0) is 21.2 Å². The summed E-state index contributed by atoms with van der Waals surface area (Å²) in [6.45, 7) is 4.20. The van der Waals surface area contributed by atoms with Gasteiger partial charge in [-0.3, -0.25) is 4.79 Å². The van der Waals surface area contributed by atoms with Crippen LogP contribution >= 0.6 is 0 Å². The Kier molecular flexibility index (Phi) is 6.32. The minimum Gasteiger partial charge on any atom is -0.369 e. The molecule has 0 atom stereocenters. The zero-order valence-electron chi connectivity index (χ0n) is 12.5. The Bertz CT molecular complexity index is 568.